The van der Waals surface area contributed by atoms with E-state index in [0.717, 1.165) is 15.6 Å². The Hall–Kier alpha value is -1.72. The summed E-state index contributed by atoms with van der Waals surface area (Å²) in [5, 5.41) is 3.20. The fraction of sp³-hybridized carbons (Fsp3) is 0.188. The van der Waals surface area contributed by atoms with Crippen molar-refractivity contribution in [2.24, 2.45) is 0 Å². The normalized spacial score (nSPS) is 10.4. The zero-order chi connectivity index (χ0) is 16.3. The molecule has 0 fully saturated rings. The molecule has 0 aliphatic heterocycles. The number of nitrogen functional groups attached to an aromatic ring is 1. The van der Waals surface area contributed by atoms with Gasteiger partial charge in [0.05, 0.1) is 16.4 Å². The second-order valence-electron chi connectivity index (χ2n) is 4.96. The van der Waals surface area contributed by atoms with Crippen molar-refractivity contribution >= 4 is 44.8 Å². The molecule has 2 rings (SSSR count). The van der Waals surface area contributed by atoms with Crippen molar-refractivity contribution in [3.8, 4) is 5.75 Å². The Morgan fingerprint density at radius 2 is 2.05 bits per heavy atom. The molecule has 0 saturated carbocycles. The predicted molar refractivity (Wildman–Crippen MR) is 93.6 cm³/mol. The number of ether oxygens (including phenoxy) is 1. The molecule has 0 unspecified atom stereocenters. The van der Waals surface area contributed by atoms with Crippen LogP contribution in [0.15, 0.2) is 34.8 Å². The van der Waals surface area contributed by atoms with Crippen LogP contribution in [0, 0.1) is 13.8 Å². The van der Waals surface area contributed by atoms with Crippen LogP contribution in [-0.2, 0) is 4.79 Å². The first-order chi connectivity index (χ1) is 10.4. The van der Waals surface area contributed by atoms with E-state index in [-0.39, 0.29) is 12.5 Å². The van der Waals surface area contributed by atoms with E-state index in [2.05, 4.69) is 21.2 Å². The Morgan fingerprint density at radius 1 is 1.32 bits per heavy atom. The van der Waals surface area contributed by atoms with Gasteiger partial charge in [-0.3, -0.25) is 4.79 Å². The van der Waals surface area contributed by atoms with Gasteiger partial charge >= 0.3 is 0 Å². The molecule has 3 N–H and O–H groups in total. The molecule has 0 aromatic heterocycles. The van der Waals surface area contributed by atoms with E-state index in [1.165, 1.54) is 0 Å². The average molecular weight is 384 g/mol. The summed E-state index contributed by atoms with van der Waals surface area (Å²) >= 11 is 9.45. The first kappa shape index (κ1) is 16.6. The van der Waals surface area contributed by atoms with Crippen LogP contribution in [0.4, 0.5) is 11.4 Å². The summed E-state index contributed by atoms with van der Waals surface area (Å²) in [6.07, 6.45) is 0. The Bertz CT molecular complexity index is 696. The minimum absolute atomic E-state index is 0.140. The van der Waals surface area contributed by atoms with Crippen LogP contribution in [0.2, 0.25) is 5.02 Å². The summed E-state index contributed by atoms with van der Waals surface area (Å²) in [5.41, 5.74) is 8.79. The van der Waals surface area contributed by atoms with Crippen molar-refractivity contribution in [2.75, 3.05) is 17.7 Å². The SMILES string of the molecule is Cc1cc(C)c(OCC(=O)Nc2ccc(Br)cc2N)c(Cl)c1. The number of nitrogens with two attached hydrogens (primary N) is 1. The van der Waals surface area contributed by atoms with Crippen molar-refractivity contribution in [1.29, 1.82) is 0 Å². The van der Waals surface area contributed by atoms with Gasteiger partial charge in [0.1, 0.15) is 5.75 Å². The number of aryl methyl sites for hydroxylation is 2. The van der Waals surface area contributed by atoms with Crippen molar-refractivity contribution in [3.05, 3.63) is 51.0 Å². The molecule has 2 aromatic rings. The summed E-state index contributed by atoms with van der Waals surface area (Å²) in [6.45, 7) is 3.70. The lowest BCUT2D eigenvalue weighted by Gasteiger charge is -2.13. The number of benzene rings is 2. The molecule has 0 aliphatic rings. The van der Waals surface area contributed by atoms with E-state index in [1.807, 2.05) is 19.9 Å². The van der Waals surface area contributed by atoms with Crippen LogP contribution < -0.4 is 15.8 Å². The van der Waals surface area contributed by atoms with Gasteiger partial charge in [0.2, 0.25) is 0 Å². The largest absolute Gasteiger partial charge is 0.482 e. The maximum absolute atomic E-state index is 12.0. The van der Waals surface area contributed by atoms with Crippen LogP contribution >= 0.6 is 27.5 Å². The Morgan fingerprint density at radius 3 is 2.68 bits per heavy atom. The number of carbonyl (C=O) groups excluding carboxylic acids is 1. The van der Waals surface area contributed by atoms with Crippen LogP contribution in [0.5, 0.6) is 5.75 Å². The highest BCUT2D eigenvalue weighted by molar-refractivity contribution is 9.10. The second kappa shape index (κ2) is 7.03. The number of halogens is 2. The summed E-state index contributed by atoms with van der Waals surface area (Å²) < 4.78 is 6.37. The maximum Gasteiger partial charge on any atom is 0.262 e. The van der Waals surface area contributed by atoms with Gasteiger partial charge in [-0.05, 0) is 49.2 Å². The number of nitrogens with one attached hydrogen (secondary N) is 1. The summed E-state index contributed by atoms with van der Waals surface area (Å²) in [6, 6.07) is 8.99. The van der Waals surface area contributed by atoms with Gasteiger partial charge in [0.25, 0.3) is 5.91 Å². The highest BCUT2D eigenvalue weighted by Crippen LogP contribution is 2.30. The lowest BCUT2D eigenvalue weighted by Crippen LogP contribution is -2.21. The number of hydrogen-bond donors (Lipinski definition) is 2. The fourth-order valence-corrected chi connectivity index (χ4v) is 2.81. The molecule has 116 valence electrons. The molecule has 0 aliphatic carbocycles. The summed E-state index contributed by atoms with van der Waals surface area (Å²) in [7, 11) is 0. The summed E-state index contributed by atoms with van der Waals surface area (Å²) in [4.78, 5) is 12.0. The van der Waals surface area contributed by atoms with E-state index >= 15 is 0 Å². The molecule has 0 saturated heterocycles. The Balaban J connectivity index is 2.02. The van der Waals surface area contributed by atoms with Gasteiger partial charge in [0, 0.05) is 4.47 Å². The van der Waals surface area contributed by atoms with Crippen molar-refractivity contribution in [2.45, 2.75) is 13.8 Å². The molecule has 0 heterocycles. The van der Waals surface area contributed by atoms with Crippen molar-refractivity contribution < 1.29 is 9.53 Å². The molecular weight excluding hydrogens is 368 g/mol. The van der Waals surface area contributed by atoms with Gasteiger partial charge in [-0.25, -0.2) is 0 Å². The Kier molecular flexibility index (Phi) is 5.32. The van der Waals surface area contributed by atoms with E-state index in [1.54, 1.807) is 24.3 Å². The zero-order valence-electron chi connectivity index (χ0n) is 12.2. The fourth-order valence-electron chi connectivity index (χ4n) is 2.06. The van der Waals surface area contributed by atoms with Crippen molar-refractivity contribution in [3.63, 3.8) is 0 Å². The first-order valence-electron chi connectivity index (χ1n) is 6.61. The quantitative estimate of drug-likeness (QED) is 0.773. The minimum atomic E-state index is -0.301. The molecule has 0 radical (unpaired) electrons. The van der Waals surface area contributed by atoms with Crippen molar-refractivity contribution in [1.82, 2.24) is 0 Å². The lowest BCUT2D eigenvalue weighted by atomic mass is 10.1. The third-order valence-electron chi connectivity index (χ3n) is 3.01. The van der Waals surface area contributed by atoms with Crippen LogP contribution in [0.3, 0.4) is 0 Å². The molecule has 0 spiro atoms. The van der Waals surface area contributed by atoms with Gasteiger partial charge in [-0.15, -0.1) is 0 Å². The molecule has 4 nitrogen and oxygen atoms in total. The monoisotopic (exact) mass is 382 g/mol. The van der Waals surface area contributed by atoms with E-state index < -0.39 is 0 Å². The summed E-state index contributed by atoms with van der Waals surface area (Å²) in [5.74, 6) is 0.219. The van der Waals surface area contributed by atoms with Gasteiger partial charge in [-0.1, -0.05) is 33.6 Å². The minimum Gasteiger partial charge on any atom is -0.482 e. The molecule has 2 aromatic carbocycles. The third kappa shape index (κ3) is 4.15. The number of rotatable bonds is 4. The van der Waals surface area contributed by atoms with Gasteiger partial charge in [0.15, 0.2) is 6.61 Å². The molecule has 0 atom stereocenters. The average Bonchev–Trinajstić information content (AvgIpc) is 2.40. The molecule has 6 heteroatoms. The van der Waals surface area contributed by atoms with Gasteiger partial charge < -0.3 is 15.8 Å². The molecule has 22 heavy (non-hydrogen) atoms. The lowest BCUT2D eigenvalue weighted by molar-refractivity contribution is -0.118. The number of amides is 1. The molecule has 0 bridgehead atoms. The highest BCUT2D eigenvalue weighted by Gasteiger charge is 2.11. The number of carbonyl (C=O) groups is 1. The van der Waals surface area contributed by atoms with Crippen LogP contribution in [-0.4, -0.2) is 12.5 Å². The van der Waals surface area contributed by atoms with E-state index in [0.29, 0.717) is 22.1 Å². The third-order valence-corrected chi connectivity index (χ3v) is 3.78. The van der Waals surface area contributed by atoms with E-state index in [4.69, 9.17) is 22.1 Å². The van der Waals surface area contributed by atoms with Gasteiger partial charge in [-0.2, -0.15) is 0 Å². The standard InChI is InChI=1S/C16H16BrClN2O2/c1-9-5-10(2)16(12(18)6-9)22-8-15(21)20-14-4-3-11(17)7-13(14)19/h3-7H,8,19H2,1-2H3,(H,20,21). The van der Waals surface area contributed by atoms with Crippen LogP contribution in [0.25, 0.3) is 0 Å². The second-order valence-corrected chi connectivity index (χ2v) is 6.28. The van der Waals surface area contributed by atoms with Crippen LogP contribution in [0.1, 0.15) is 11.1 Å². The topological polar surface area (TPSA) is 64.3 Å². The Labute approximate surface area is 142 Å². The predicted octanol–water partition coefficient (Wildman–Crippen LogP) is 4.32. The highest BCUT2D eigenvalue weighted by atomic mass is 79.9. The first-order valence-corrected chi connectivity index (χ1v) is 7.78. The maximum atomic E-state index is 12.0. The smallest absolute Gasteiger partial charge is 0.262 e. The molecule has 1 amide bonds. The zero-order valence-corrected chi connectivity index (χ0v) is 14.6. The number of hydrogen-bond acceptors (Lipinski definition) is 3. The van der Waals surface area contributed by atoms with E-state index in [9.17, 15) is 4.79 Å². The molecular formula is C16H16BrClN2O2. The number of anilines is 2.